The molecule has 0 aliphatic rings. The van der Waals surface area contributed by atoms with Gasteiger partial charge in [-0.05, 0) is 24.3 Å². The minimum absolute atomic E-state index is 0.308. The number of fused-ring (bicyclic) bond motifs is 1. The van der Waals surface area contributed by atoms with Gasteiger partial charge in [0.15, 0.2) is 0 Å². The van der Waals surface area contributed by atoms with Gasteiger partial charge in [-0.25, -0.2) is 4.98 Å². The second kappa shape index (κ2) is 5.35. The van der Waals surface area contributed by atoms with Crippen molar-refractivity contribution in [3.63, 3.8) is 0 Å². The summed E-state index contributed by atoms with van der Waals surface area (Å²) in [6.07, 6.45) is 0. The van der Waals surface area contributed by atoms with Crippen molar-refractivity contribution in [3.8, 4) is 11.4 Å². The van der Waals surface area contributed by atoms with Crippen LogP contribution in [-0.4, -0.2) is 16.7 Å². The third kappa shape index (κ3) is 2.13. The van der Waals surface area contributed by atoms with Gasteiger partial charge in [-0.2, -0.15) is 0 Å². The Hall–Kier alpha value is -1.71. The van der Waals surface area contributed by atoms with Crippen LogP contribution < -0.4 is 4.74 Å². The largest absolute Gasteiger partial charge is 0.497 e. The maximum Gasteiger partial charge on any atom is 0.129 e. The molecule has 3 rings (SSSR count). The number of alkyl halides is 1. The van der Waals surface area contributed by atoms with Crippen LogP contribution in [-0.2, 0) is 5.88 Å². The van der Waals surface area contributed by atoms with E-state index in [-0.39, 0.29) is 0 Å². The van der Waals surface area contributed by atoms with Crippen molar-refractivity contribution in [2.45, 2.75) is 5.88 Å². The lowest BCUT2D eigenvalue weighted by Crippen LogP contribution is -1.99. The molecule has 1 heterocycles. The summed E-state index contributed by atoms with van der Waals surface area (Å²) in [6, 6.07) is 13.5. The van der Waals surface area contributed by atoms with E-state index in [2.05, 4.69) is 4.98 Å². The highest BCUT2D eigenvalue weighted by atomic mass is 35.5. The van der Waals surface area contributed by atoms with Gasteiger partial charge in [-0.1, -0.05) is 23.7 Å². The minimum Gasteiger partial charge on any atom is -0.497 e. The molecule has 1 aromatic heterocycles. The topological polar surface area (TPSA) is 27.1 Å². The Labute approximate surface area is 126 Å². The molecule has 3 aromatic rings. The Morgan fingerprint density at radius 1 is 1.20 bits per heavy atom. The zero-order valence-corrected chi connectivity index (χ0v) is 12.3. The van der Waals surface area contributed by atoms with Gasteiger partial charge in [0.25, 0.3) is 0 Å². The molecule has 0 saturated heterocycles. The lowest BCUT2D eigenvalue weighted by Gasteiger charge is -2.09. The van der Waals surface area contributed by atoms with Crippen LogP contribution in [0.1, 0.15) is 5.82 Å². The smallest absolute Gasteiger partial charge is 0.129 e. The van der Waals surface area contributed by atoms with E-state index in [1.54, 1.807) is 7.11 Å². The van der Waals surface area contributed by atoms with Crippen molar-refractivity contribution < 1.29 is 4.74 Å². The maximum atomic E-state index is 6.20. The number of benzene rings is 2. The van der Waals surface area contributed by atoms with Crippen LogP contribution in [0.15, 0.2) is 42.5 Å². The quantitative estimate of drug-likeness (QED) is 0.669. The van der Waals surface area contributed by atoms with Crippen molar-refractivity contribution >= 4 is 34.2 Å². The van der Waals surface area contributed by atoms with Crippen LogP contribution >= 0.6 is 23.2 Å². The van der Waals surface area contributed by atoms with Gasteiger partial charge in [-0.15, -0.1) is 11.6 Å². The number of aromatic nitrogens is 2. The number of nitrogens with zero attached hydrogens (tertiary/aromatic N) is 2. The summed E-state index contributed by atoms with van der Waals surface area (Å²) < 4.78 is 7.27. The highest BCUT2D eigenvalue weighted by molar-refractivity contribution is 6.35. The molecule has 0 aliphatic carbocycles. The first kappa shape index (κ1) is 13.3. The molecule has 0 bridgehead atoms. The molecule has 3 nitrogen and oxygen atoms in total. The first-order valence-electron chi connectivity index (χ1n) is 6.11. The number of para-hydroxylation sites is 1. The van der Waals surface area contributed by atoms with E-state index in [0.29, 0.717) is 10.9 Å². The molecule has 102 valence electrons. The van der Waals surface area contributed by atoms with Crippen LogP contribution in [0.2, 0.25) is 5.02 Å². The molecule has 2 aromatic carbocycles. The Morgan fingerprint density at radius 3 is 2.75 bits per heavy atom. The first-order valence-corrected chi connectivity index (χ1v) is 7.02. The lowest BCUT2D eigenvalue weighted by molar-refractivity contribution is 0.414. The summed E-state index contributed by atoms with van der Waals surface area (Å²) in [4.78, 5) is 4.52. The van der Waals surface area contributed by atoms with E-state index in [4.69, 9.17) is 27.9 Å². The molecule has 5 heteroatoms. The second-order valence-corrected chi connectivity index (χ2v) is 4.98. The van der Waals surface area contributed by atoms with Gasteiger partial charge in [0, 0.05) is 6.07 Å². The number of hydrogen-bond acceptors (Lipinski definition) is 2. The lowest BCUT2D eigenvalue weighted by atomic mass is 10.2. The van der Waals surface area contributed by atoms with Crippen LogP contribution in [0.3, 0.4) is 0 Å². The number of imidazole rings is 1. The average molecular weight is 307 g/mol. The van der Waals surface area contributed by atoms with Crippen molar-refractivity contribution in [2.24, 2.45) is 0 Å². The van der Waals surface area contributed by atoms with Gasteiger partial charge in [-0.3, -0.25) is 4.57 Å². The molecule has 0 saturated carbocycles. The standard InChI is InChI=1S/C15H12Cl2N2O/c1-20-11-5-2-4-10(8-11)19-13-7-3-6-12(17)15(13)18-14(19)9-16/h2-8H,9H2,1H3. The molecular formula is C15H12Cl2N2O. The van der Waals surface area contributed by atoms with Crippen molar-refractivity contribution in [1.29, 1.82) is 0 Å². The van der Waals surface area contributed by atoms with Crippen molar-refractivity contribution in [3.05, 3.63) is 53.3 Å². The molecule has 0 aliphatic heterocycles. The molecule has 0 unspecified atom stereocenters. The Balaban J connectivity index is 2.31. The monoisotopic (exact) mass is 306 g/mol. The van der Waals surface area contributed by atoms with Crippen molar-refractivity contribution in [1.82, 2.24) is 9.55 Å². The second-order valence-electron chi connectivity index (χ2n) is 4.31. The number of rotatable bonds is 3. The number of hydrogen-bond donors (Lipinski definition) is 0. The fourth-order valence-electron chi connectivity index (χ4n) is 2.24. The van der Waals surface area contributed by atoms with Crippen LogP contribution in [0.25, 0.3) is 16.7 Å². The van der Waals surface area contributed by atoms with Gasteiger partial charge in [0.05, 0.1) is 29.2 Å². The van der Waals surface area contributed by atoms with Gasteiger partial charge >= 0.3 is 0 Å². The van der Waals surface area contributed by atoms with E-state index < -0.39 is 0 Å². The zero-order valence-electron chi connectivity index (χ0n) is 10.8. The first-order chi connectivity index (χ1) is 9.74. The van der Waals surface area contributed by atoms with Crippen LogP contribution in [0.5, 0.6) is 5.75 Å². The Bertz CT molecular complexity index is 768. The normalized spacial score (nSPS) is 10.9. The highest BCUT2D eigenvalue weighted by Crippen LogP contribution is 2.28. The number of halogens is 2. The van der Waals surface area contributed by atoms with Gasteiger partial charge < -0.3 is 4.74 Å². The maximum absolute atomic E-state index is 6.20. The van der Waals surface area contributed by atoms with Crippen LogP contribution in [0.4, 0.5) is 0 Å². The van der Waals surface area contributed by atoms with E-state index >= 15 is 0 Å². The predicted octanol–water partition coefficient (Wildman–Crippen LogP) is 4.43. The number of methoxy groups -OCH3 is 1. The summed E-state index contributed by atoms with van der Waals surface area (Å²) >= 11 is 12.2. The highest BCUT2D eigenvalue weighted by Gasteiger charge is 2.14. The summed E-state index contributed by atoms with van der Waals surface area (Å²) in [7, 11) is 1.64. The predicted molar refractivity (Wildman–Crippen MR) is 82.2 cm³/mol. The minimum atomic E-state index is 0.308. The van der Waals surface area contributed by atoms with Gasteiger partial charge in [0.1, 0.15) is 17.1 Å². The third-order valence-corrected chi connectivity index (χ3v) is 3.68. The molecule has 0 spiro atoms. The molecule has 0 radical (unpaired) electrons. The summed E-state index contributed by atoms with van der Waals surface area (Å²) in [5.74, 6) is 1.84. The fraction of sp³-hybridized carbons (Fsp3) is 0.133. The molecular weight excluding hydrogens is 295 g/mol. The third-order valence-electron chi connectivity index (χ3n) is 3.14. The number of ether oxygens (including phenoxy) is 1. The molecule has 20 heavy (non-hydrogen) atoms. The van der Waals surface area contributed by atoms with Crippen LogP contribution in [0, 0.1) is 0 Å². The summed E-state index contributed by atoms with van der Waals surface area (Å²) in [5, 5.41) is 0.621. The molecule has 0 amide bonds. The van der Waals surface area contributed by atoms with E-state index in [0.717, 1.165) is 28.3 Å². The Kier molecular flexibility index (Phi) is 3.55. The fourth-order valence-corrected chi connectivity index (χ4v) is 2.63. The van der Waals surface area contributed by atoms with E-state index in [1.165, 1.54) is 0 Å². The molecule has 0 N–H and O–H groups in total. The molecule has 0 fully saturated rings. The summed E-state index contributed by atoms with van der Waals surface area (Å²) in [5.41, 5.74) is 2.64. The SMILES string of the molecule is COc1cccc(-n2c(CCl)nc3c(Cl)cccc32)c1. The average Bonchev–Trinajstić information content (AvgIpc) is 2.87. The summed E-state index contributed by atoms with van der Waals surface area (Å²) in [6.45, 7) is 0. The van der Waals surface area contributed by atoms with E-state index in [1.807, 2.05) is 47.0 Å². The Morgan fingerprint density at radius 2 is 2.00 bits per heavy atom. The molecule has 0 atom stereocenters. The van der Waals surface area contributed by atoms with E-state index in [9.17, 15) is 0 Å². The zero-order chi connectivity index (χ0) is 14.1. The van der Waals surface area contributed by atoms with Crippen molar-refractivity contribution in [2.75, 3.05) is 7.11 Å². The van der Waals surface area contributed by atoms with Gasteiger partial charge in [0.2, 0.25) is 0 Å².